The Morgan fingerprint density at radius 3 is 2.85 bits per heavy atom. The van der Waals surface area contributed by atoms with Gasteiger partial charge in [-0.15, -0.1) is 4.31 Å². The molecule has 0 amide bonds. The Hall–Kier alpha value is -1.06. The summed E-state index contributed by atoms with van der Waals surface area (Å²) in [5.74, 6) is 1.20. The van der Waals surface area contributed by atoms with Gasteiger partial charge in [-0.2, -0.15) is 0 Å². The monoisotopic (exact) mass is 387 g/mol. The predicted molar refractivity (Wildman–Crippen MR) is 107 cm³/mol. The van der Waals surface area contributed by atoms with E-state index in [2.05, 4.69) is 28.1 Å². The number of hydrogen-bond acceptors (Lipinski definition) is 5. The fourth-order valence-electron chi connectivity index (χ4n) is 5.38. The lowest BCUT2D eigenvalue weighted by molar-refractivity contribution is -0.133. The third-order valence-electron chi connectivity index (χ3n) is 6.54. The van der Waals surface area contributed by atoms with Gasteiger partial charge in [0.15, 0.2) is 0 Å². The second-order valence-corrected chi connectivity index (χ2v) is 10.5. The van der Waals surface area contributed by atoms with E-state index in [-0.39, 0.29) is 5.41 Å². The molecule has 0 aromatic carbocycles. The fraction of sp³-hybridized carbons (Fsp3) is 0.632. The van der Waals surface area contributed by atoms with E-state index in [1.807, 2.05) is 12.3 Å². The van der Waals surface area contributed by atoms with Crippen LogP contribution in [-0.2, 0) is 21.6 Å². The van der Waals surface area contributed by atoms with E-state index in [1.165, 1.54) is 0 Å². The van der Waals surface area contributed by atoms with Crippen LogP contribution in [0.25, 0.3) is 11.0 Å². The van der Waals surface area contributed by atoms with Crippen LogP contribution in [0.4, 0.5) is 0 Å². The standard InChI is InChI=1S/C19H26BN3O3S/c1-13(2)10-27(25)23-7-4-18(5-8-23)11-19(12-18)16-14-3-6-21-17(14)22-9-15(16)20(24)26-19/h3,6,9,13,24H,4-5,7-8,10-12H2,1-2H3,(H,21,22). The molecular weight excluding hydrogens is 361 g/mol. The van der Waals surface area contributed by atoms with Gasteiger partial charge >= 0.3 is 7.12 Å². The number of aromatic nitrogens is 2. The van der Waals surface area contributed by atoms with E-state index in [0.29, 0.717) is 5.92 Å². The maximum Gasteiger partial charge on any atom is 0.493 e. The van der Waals surface area contributed by atoms with Crippen molar-refractivity contribution in [1.82, 2.24) is 14.3 Å². The highest BCUT2D eigenvalue weighted by atomic mass is 32.2. The fourth-order valence-corrected chi connectivity index (χ4v) is 6.75. The molecule has 2 fully saturated rings. The highest BCUT2D eigenvalue weighted by Crippen LogP contribution is 2.63. The number of piperidine rings is 1. The van der Waals surface area contributed by atoms with E-state index in [0.717, 1.165) is 66.6 Å². The lowest BCUT2D eigenvalue weighted by atomic mass is 9.53. The molecule has 1 unspecified atom stereocenters. The molecule has 1 aliphatic carbocycles. The molecule has 3 aliphatic rings. The number of fused-ring (bicyclic) bond motifs is 4. The van der Waals surface area contributed by atoms with Gasteiger partial charge < -0.3 is 19.2 Å². The summed E-state index contributed by atoms with van der Waals surface area (Å²) >= 11 is -0.864. The molecule has 144 valence electrons. The number of nitrogens with zero attached hydrogens (tertiary/aromatic N) is 2. The minimum absolute atomic E-state index is 0.242. The van der Waals surface area contributed by atoms with Gasteiger partial charge in [-0.3, -0.25) is 0 Å². The van der Waals surface area contributed by atoms with Crippen LogP contribution in [0.5, 0.6) is 0 Å². The highest BCUT2D eigenvalue weighted by Gasteiger charge is 2.62. The van der Waals surface area contributed by atoms with E-state index in [9.17, 15) is 9.58 Å². The molecule has 2 N–H and O–H groups in total. The van der Waals surface area contributed by atoms with Crippen molar-refractivity contribution in [3.63, 3.8) is 0 Å². The van der Waals surface area contributed by atoms with Crippen molar-refractivity contribution >= 4 is 35.0 Å². The first kappa shape index (κ1) is 18.0. The largest absolute Gasteiger partial charge is 0.598 e. The van der Waals surface area contributed by atoms with E-state index in [1.54, 1.807) is 6.20 Å². The van der Waals surface area contributed by atoms with E-state index >= 15 is 0 Å². The van der Waals surface area contributed by atoms with Crippen LogP contribution in [0.2, 0.25) is 0 Å². The van der Waals surface area contributed by atoms with Gasteiger partial charge in [-0.05, 0) is 48.6 Å². The molecule has 2 aliphatic heterocycles. The van der Waals surface area contributed by atoms with Crippen molar-refractivity contribution in [2.45, 2.75) is 45.1 Å². The van der Waals surface area contributed by atoms with E-state index in [4.69, 9.17) is 4.65 Å². The highest BCUT2D eigenvalue weighted by molar-refractivity contribution is 7.89. The molecule has 6 nitrogen and oxygen atoms in total. The quantitative estimate of drug-likeness (QED) is 0.618. The number of aromatic amines is 1. The number of rotatable bonds is 3. The summed E-state index contributed by atoms with van der Waals surface area (Å²) in [6.45, 7) is 6.02. The topological polar surface area (TPSA) is 84.4 Å². The summed E-state index contributed by atoms with van der Waals surface area (Å²) in [7, 11) is -0.886. The van der Waals surface area contributed by atoms with Crippen LogP contribution in [-0.4, -0.2) is 49.8 Å². The van der Waals surface area contributed by atoms with Crippen molar-refractivity contribution < 1.29 is 14.2 Å². The Kier molecular flexibility index (Phi) is 4.15. The zero-order chi connectivity index (χ0) is 18.8. The second kappa shape index (κ2) is 6.22. The van der Waals surface area contributed by atoms with Gasteiger partial charge in [0.2, 0.25) is 0 Å². The zero-order valence-corrected chi connectivity index (χ0v) is 16.7. The lowest BCUT2D eigenvalue weighted by Gasteiger charge is -2.57. The van der Waals surface area contributed by atoms with Gasteiger partial charge in [0.1, 0.15) is 11.4 Å². The summed E-state index contributed by atoms with van der Waals surface area (Å²) in [5.41, 5.74) is 2.64. The molecule has 8 heteroatoms. The molecular formula is C19H26BN3O3S. The second-order valence-electron chi connectivity index (χ2n) is 8.96. The Morgan fingerprint density at radius 1 is 1.41 bits per heavy atom. The summed E-state index contributed by atoms with van der Waals surface area (Å²) in [5, 5.41) is 11.5. The smallest absolute Gasteiger partial charge is 0.493 e. The third-order valence-corrected chi connectivity index (χ3v) is 8.44. The third kappa shape index (κ3) is 2.76. The molecule has 27 heavy (non-hydrogen) atoms. The van der Waals surface area contributed by atoms with Crippen molar-refractivity contribution in [1.29, 1.82) is 0 Å². The average Bonchev–Trinajstić information content (AvgIpc) is 3.17. The predicted octanol–water partition coefficient (Wildman–Crippen LogP) is 1.67. The first-order chi connectivity index (χ1) is 12.9. The number of hydrogen-bond donors (Lipinski definition) is 2. The van der Waals surface area contributed by atoms with Gasteiger partial charge in [0, 0.05) is 47.7 Å². The maximum atomic E-state index is 12.5. The molecule has 1 saturated carbocycles. The molecule has 4 heterocycles. The van der Waals surface area contributed by atoms with Crippen molar-refractivity contribution in [2.75, 3.05) is 18.8 Å². The molecule has 2 aromatic heterocycles. The first-order valence-corrected chi connectivity index (χ1v) is 11.1. The minimum Gasteiger partial charge on any atom is -0.598 e. The zero-order valence-electron chi connectivity index (χ0n) is 15.9. The molecule has 1 atom stereocenters. The maximum absolute atomic E-state index is 12.5. The number of H-pyrrole nitrogens is 1. The molecule has 2 spiro atoms. The molecule has 5 rings (SSSR count). The van der Waals surface area contributed by atoms with Crippen molar-refractivity contribution in [3.05, 3.63) is 24.0 Å². The van der Waals surface area contributed by atoms with Crippen LogP contribution in [0.3, 0.4) is 0 Å². The van der Waals surface area contributed by atoms with Crippen LogP contribution in [0.1, 0.15) is 45.1 Å². The molecule has 0 bridgehead atoms. The SMILES string of the molecule is CC(C)C[S+]([O-])N1CCC2(CC1)CC1(C2)OB(O)c2cnc3[nH]ccc3c21. The van der Waals surface area contributed by atoms with Gasteiger partial charge in [-0.25, -0.2) is 4.98 Å². The average molecular weight is 387 g/mol. The summed E-state index contributed by atoms with van der Waals surface area (Å²) < 4.78 is 20.7. The molecule has 2 aromatic rings. The lowest BCUT2D eigenvalue weighted by Crippen LogP contribution is -2.56. The van der Waals surface area contributed by atoms with Gasteiger partial charge in [0.05, 0.1) is 5.60 Å². The number of pyridine rings is 1. The van der Waals surface area contributed by atoms with Crippen LogP contribution >= 0.6 is 0 Å². The van der Waals surface area contributed by atoms with Crippen LogP contribution in [0.15, 0.2) is 18.5 Å². The summed E-state index contributed by atoms with van der Waals surface area (Å²) in [6, 6.07) is 2.03. The van der Waals surface area contributed by atoms with E-state index < -0.39 is 24.1 Å². The van der Waals surface area contributed by atoms with Gasteiger partial charge in [0.25, 0.3) is 0 Å². The number of nitrogens with one attached hydrogen (secondary N) is 1. The van der Waals surface area contributed by atoms with Crippen molar-refractivity contribution in [2.24, 2.45) is 11.3 Å². The minimum atomic E-state index is -0.886. The Labute approximate surface area is 163 Å². The Bertz CT molecular complexity index is 857. The Morgan fingerprint density at radius 2 is 2.15 bits per heavy atom. The first-order valence-electron chi connectivity index (χ1n) is 9.87. The van der Waals surface area contributed by atoms with Crippen LogP contribution < -0.4 is 5.46 Å². The van der Waals surface area contributed by atoms with Crippen LogP contribution in [0, 0.1) is 11.3 Å². The van der Waals surface area contributed by atoms with Crippen molar-refractivity contribution in [3.8, 4) is 0 Å². The molecule has 0 radical (unpaired) electrons. The molecule has 1 saturated heterocycles. The summed E-state index contributed by atoms with van der Waals surface area (Å²) in [6.07, 6.45) is 7.60. The normalized spacial score (nSPS) is 24.7. The summed E-state index contributed by atoms with van der Waals surface area (Å²) in [4.78, 5) is 7.57. The Balaban J connectivity index is 1.34. The van der Waals surface area contributed by atoms with Gasteiger partial charge in [-0.1, -0.05) is 13.8 Å².